The van der Waals surface area contributed by atoms with E-state index in [1.54, 1.807) is 0 Å². The fourth-order valence-electron chi connectivity index (χ4n) is 3.96. The Labute approximate surface area is 176 Å². The molecule has 0 aliphatic heterocycles. The minimum Gasteiger partial charge on any atom is -0.456 e. The maximum absolute atomic E-state index is 6.30. The summed E-state index contributed by atoms with van der Waals surface area (Å²) in [5.41, 5.74) is 3.37. The lowest BCUT2D eigenvalue weighted by atomic mass is 10.0. The van der Waals surface area contributed by atoms with Crippen molar-refractivity contribution < 1.29 is 4.42 Å². The highest BCUT2D eigenvalue weighted by atomic mass is 35.5. The van der Waals surface area contributed by atoms with Gasteiger partial charge in [-0.25, -0.2) is 4.98 Å². The summed E-state index contributed by atoms with van der Waals surface area (Å²) in [4.78, 5) is 13.5. The number of aromatic nitrogens is 3. The van der Waals surface area contributed by atoms with Crippen LogP contribution in [0.25, 0.3) is 55.5 Å². The molecule has 0 spiro atoms. The molecule has 0 bridgehead atoms. The minimum atomic E-state index is 0.161. The molecule has 4 aromatic carbocycles. The average Bonchev–Trinajstić information content (AvgIpc) is 3.18. The smallest absolute Gasteiger partial charge is 0.226 e. The van der Waals surface area contributed by atoms with Gasteiger partial charge in [-0.1, -0.05) is 72.8 Å². The van der Waals surface area contributed by atoms with Crippen LogP contribution in [0.1, 0.15) is 0 Å². The molecule has 4 nitrogen and oxygen atoms in total. The Kier molecular flexibility index (Phi) is 3.79. The predicted octanol–water partition coefficient (Wildman–Crippen LogP) is 6.91. The van der Waals surface area contributed by atoms with Crippen LogP contribution in [0.4, 0.5) is 0 Å². The van der Waals surface area contributed by atoms with Crippen molar-refractivity contribution in [3.05, 3.63) is 90.2 Å². The van der Waals surface area contributed by atoms with E-state index in [4.69, 9.17) is 21.0 Å². The molecule has 2 aromatic heterocycles. The van der Waals surface area contributed by atoms with Crippen LogP contribution in [0.5, 0.6) is 0 Å². The second-order valence-corrected chi connectivity index (χ2v) is 7.40. The van der Waals surface area contributed by atoms with Crippen LogP contribution in [0.2, 0.25) is 5.28 Å². The van der Waals surface area contributed by atoms with E-state index in [1.165, 1.54) is 0 Å². The molecule has 0 unspecified atom stereocenters. The molecule has 6 aromatic rings. The molecule has 0 aliphatic rings. The summed E-state index contributed by atoms with van der Waals surface area (Å²) in [6.07, 6.45) is 0. The van der Waals surface area contributed by atoms with E-state index in [9.17, 15) is 0 Å². The van der Waals surface area contributed by atoms with Crippen molar-refractivity contribution in [3.63, 3.8) is 0 Å². The molecule has 30 heavy (non-hydrogen) atoms. The van der Waals surface area contributed by atoms with Gasteiger partial charge in [0, 0.05) is 21.9 Å². The highest BCUT2D eigenvalue weighted by Crippen LogP contribution is 2.39. The predicted molar refractivity (Wildman–Crippen MR) is 120 cm³/mol. The zero-order valence-corrected chi connectivity index (χ0v) is 16.5. The first-order valence-corrected chi connectivity index (χ1v) is 9.96. The lowest BCUT2D eigenvalue weighted by Gasteiger charge is -2.06. The molecule has 0 aliphatic carbocycles. The van der Waals surface area contributed by atoms with Gasteiger partial charge in [0.25, 0.3) is 0 Å². The quantitative estimate of drug-likeness (QED) is 0.313. The summed E-state index contributed by atoms with van der Waals surface area (Å²) in [6.45, 7) is 0. The fraction of sp³-hybridized carbons (Fsp3) is 0. The number of hydrogen-bond acceptors (Lipinski definition) is 4. The maximum atomic E-state index is 6.30. The van der Waals surface area contributed by atoms with E-state index >= 15 is 0 Å². The van der Waals surface area contributed by atoms with Crippen LogP contribution in [-0.4, -0.2) is 15.0 Å². The highest BCUT2D eigenvalue weighted by Gasteiger charge is 2.18. The van der Waals surface area contributed by atoms with Gasteiger partial charge in [0.1, 0.15) is 11.2 Å². The summed E-state index contributed by atoms with van der Waals surface area (Å²) >= 11 is 6.30. The van der Waals surface area contributed by atoms with Crippen LogP contribution in [0.3, 0.4) is 0 Å². The van der Waals surface area contributed by atoms with Crippen LogP contribution in [-0.2, 0) is 0 Å². The molecule has 142 valence electrons. The Morgan fingerprint density at radius 1 is 0.600 bits per heavy atom. The number of rotatable bonds is 2. The first-order chi connectivity index (χ1) is 14.8. The van der Waals surface area contributed by atoms with Gasteiger partial charge >= 0.3 is 0 Å². The third-order valence-corrected chi connectivity index (χ3v) is 5.44. The van der Waals surface area contributed by atoms with Gasteiger partial charge in [-0.15, -0.1) is 0 Å². The fourth-order valence-corrected chi connectivity index (χ4v) is 4.12. The SMILES string of the molecule is Clc1nc(-c2ccccc2)nc(-c2cccc3oc4ccc5ccccc5c4c23)n1. The lowest BCUT2D eigenvalue weighted by Crippen LogP contribution is -1.97. The zero-order chi connectivity index (χ0) is 20.1. The highest BCUT2D eigenvalue weighted by molar-refractivity contribution is 6.28. The van der Waals surface area contributed by atoms with Crippen LogP contribution in [0.15, 0.2) is 89.3 Å². The van der Waals surface area contributed by atoms with Crippen molar-refractivity contribution >= 4 is 44.3 Å². The molecule has 0 N–H and O–H groups in total. The van der Waals surface area contributed by atoms with Gasteiger partial charge < -0.3 is 4.42 Å². The van der Waals surface area contributed by atoms with Crippen molar-refractivity contribution in [2.24, 2.45) is 0 Å². The third kappa shape index (κ3) is 2.65. The molecule has 0 radical (unpaired) electrons. The van der Waals surface area contributed by atoms with Gasteiger partial charge in [-0.3, -0.25) is 0 Å². The van der Waals surface area contributed by atoms with E-state index in [0.717, 1.165) is 43.8 Å². The topological polar surface area (TPSA) is 51.8 Å². The molecule has 0 fully saturated rings. The minimum absolute atomic E-state index is 0.161. The molecular weight excluding hydrogens is 394 g/mol. The summed E-state index contributed by atoms with van der Waals surface area (Å²) in [5.74, 6) is 1.07. The van der Waals surface area contributed by atoms with Gasteiger partial charge in [0.05, 0.1) is 0 Å². The van der Waals surface area contributed by atoms with Crippen molar-refractivity contribution in [1.82, 2.24) is 15.0 Å². The maximum Gasteiger partial charge on any atom is 0.226 e. The number of halogens is 1. The Bertz CT molecular complexity index is 1560. The monoisotopic (exact) mass is 407 g/mol. The van der Waals surface area contributed by atoms with Gasteiger partial charge in [-0.05, 0) is 34.5 Å². The van der Waals surface area contributed by atoms with Crippen molar-refractivity contribution in [1.29, 1.82) is 0 Å². The molecule has 0 atom stereocenters. The van der Waals surface area contributed by atoms with Crippen LogP contribution in [0, 0.1) is 0 Å². The van der Waals surface area contributed by atoms with Gasteiger partial charge in [-0.2, -0.15) is 9.97 Å². The zero-order valence-electron chi connectivity index (χ0n) is 15.7. The first kappa shape index (κ1) is 17.1. The number of nitrogens with zero attached hydrogens (tertiary/aromatic N) is 3. The van der Waals surface area contributed by atoms with Crippen molar-refractivity contribution in [2.75, 3.05) is 0 Å². The van der Waals surface area contributed by atoms with Crippen molar-refractivity contribution in [3.8, 4) is 22.8 Å². The summed E-state index contributed by atoms with van der Waals surface area (Å²) < 4.78 is 6.16. The molecule has 2 heterocycles. The summed E-state index contributed by atoms with van der Waals surface area (Å²) in [5, 5.41) is 4.47. The first-order valence-electron chi connectivity index (χ1n) is 9.58. The number of fused-ring (bicyclic) bond motifs is 5. The second kappa shape index (κ2) is 6.65. The Balaban J connectivity index is 1.70. The van der Waals surface area contributed by atoms with E-state index in [1.807, 2.05) is 66.7 Å². The normalized spacial score (nSPS) is 11.5. The molecule has 5 heteroatoms. The van der Waals surface area contributed by atoms with Crippen LogP contribution < -0.4 is 0 Å². The molecule has 0 saturated carbocycles. The summed E-state index contributed by atoms with van der Waals surface area (Å²) in [6, 6.07) is 28.0. The van der Waals surface area contributed by atoms with E-state index < -0.39 is 0 Å². The van der Waals surface area contributed by atoms with Gasteiger partial charge in [0.2, 0.25) is 5.28 Å². The number of hydrogen-bond donors (Lipinski definition) is 0. The Morgan fingerprint density at radius 2 is 1.37 bits per heavy atom. The Morgan fingerprint density at radius 3 is 2.27 bits per heavy atom. The largest absolute Gasteiger partial charge is 0.456 e. The lowest BCUT2D eigenvalue weighted by molar-refractivity contribution is 0.669. The van der Waals surface area contributed by atoms with E-state index in [-0.39, 0.29) is 5.28 Å². The molecular formula is C25H14ClN3O. The van der Waals surface area contributed by atoms with E-state index in [2.05, 4.69) is 28.2 Å². The van der Waals surface area contributed by atoms with E-state index in [0.29, 0.717) is 11.6 Å². The Hall–Kier alpha value is -3.76. The molecule has 0 amide bonds. The third-order valence-electron chi connectivity index (χ3n) is 5.27. The molecule has 0 saturated heterocycles. The number of benzene rings is 4. The molecule has 6 rings (SSSR count). The van der Waals surface area contributed by atoms with Crippen molar-refractivity contribution in [2.45, 2.75) is 0 Å². The van der Waals surface area contributed by atoms with Gasteiger partial charge in [0.15, 0.2) is 11.6 Å². The number of furan rings is 1. The average molecular weight is 408 g/mol. The standard InChI is InChI=1S/C25H14ClN3O/c26-25-28-23(16-8-2-1-3-9-16)27-24(29-25)18-11-6-12-19-22(18)21-17-10-5-4-7-15(17)13-14-20(21)30-19/h1-14H. The summed E-state index contributed by atoms with van der Waals surface area (Å²) in [7, 11) is 0. The van der Waals surface area contributed by atoms with Crippen LogP contribution >= 0.6 is 11.6 Å². The second-order valence-electron chi connectivity index (χ2n) is 7.06.